The zero-order valence-electron chi connectivity index (χ0n) is 9.52. The van der Waals surface area contributed by atoms with E-state index in [2.05, 4.69) is 15.0 Å². The summed E-state index contributed by atoms with van der Waals surface area (Å²) < 4.78 is 0. The standard InChI is InChI=1S/C12H14N4S/c1-9(13)11(10-5-2-3-6-14-10)17-12-15-7-4-8-16-12/h2-9,11H,13H2,1H3. The monoisotopic (exact) mass is 246 g/mol. The summed E-state index contributed by atoms with van der Waals surface area (Å²) in [5.41, 5.74) is 6.96. The van der Waals surface area contributed by atoms with Gasteiger partial charge in [-0.3, -0.25) is 4.98 Å². The summed E-state index contributed by atoms with van der Waals surface area (Å²) in [5.74, 6) is 0. The summed E-state index contributed by atoms with van der Waals surface area (Å²) in [4.78, 5) is 12.7. The third kappa shape index (κ3) is 3.25. The van der Waals surface area contributed by atoms with E-state index in [-0.39, 0.29) is 11.3 Å². The molecule has 2 atom stereocenters. The van der Waals surface area contributed by atoms with Crippen molar-refractivity contribution in [1.29, 1.82) is 0 Å². The first-order chi connectivity index (χ1) is 8.27. The summed E-state index contributed by atoms with van der Waals surface area (Å²) in [6, 6.07) is 7.62. The van der Waals surface area contributed by atoms with Crippen molar-refractivity contribution in [3.8, 4) is 0 Å². The SMILES string of the molecule is CC(N)C(Sc1ncccn1)c1ccccn1. The molecule has 17 heavy (non-hydrogen) atoms. The van der Waals surface area contributed by atoms with E-state index in [1.807, 2.05) is 25.1 Å². The molecule has 0 aliphatic rings. The molecule has 0 bridgehead atoms. The van der Waals surface area contributed by atoms with E-state index in [1.165, 1.54) is 0 Å². The van der Waals surface area contributed by atoms with Crippen molar-refractivity contribution >= 4 is 11.8 Å². The molecule has 4 nitrogen and oxygen atoms in total. The van der Waals surface area contributed by atoms with Crippen LogP contribution in [0.5, 0.6) is 0 Å². The van der Waals surface area contributed by atoms with Crippen molar-refractivity contribution in [2.45, 2.75) is 23.4 Å². The second kappa shape index (κ2) is 5.75. The molecule has 0 radical (unpaired) electrons. The number of nitrogens with two attached hydrogens (primary N) is 1. The van der Waals surface area contributed by atoms with E-state index in [0.717, 1.165) is 10.9 Å². The molecule has 2 rings (SSSR count). The van der Waals surface area contributed by atoms with Gasteiger partial charge in [0.2, 0.25) is 0 Å². The predicted molar refractivity (Wildman–Crippen MR) is 68.5 cm³/mol. The van der Waals surface area contributed by atoms with E-state index < -0.39 is 0 Å². The maximum Gasteiger partial charge on any atom is 0.188 e. The Labute approximate surface area is 105 Å². The molecular weight excluding hydrogens is 232 g/mol. The van der Waals surface area contributed by atoms with Crippen LogP contribution in [0.3, 0.4) is 0 Å². The predicted octanol–water partition coefficient (Wildman–Crippen LogP) is 2.05. The number of hydrogen-bond donors (Lipinski definition) is 1. The average Bonchev–Trinajstić information content (AvgIpc) is 2.38. The van der Waals surface area contributed by atoms with Gasteiger partial charge >= 0.3 is 0 Å². The molecular formula is C12H14N4S. The zero-order valence-corrected chi connectivity index (χ0v) is 10.3. The Morgan fingerprint density at radius 3 is 2.35 bits per heavy atom. The van der Waals surface area contributed by atoms with Crippen molar-refractivity contribution in [2.24, 2.45) is 5.73 Å². The van der Waals surface area contributed by atoms with E-state index in [1.54, 1.807) is 36.4 Å². The first-order valence-corrected chi connectivity index (χ1v) is 6.25. The maximum absolute atomic E-state index is 6.00. The molecule has 0 spiro atoms. The summed E-state index contributed by atoms with van der Waals surface area (Å²) in [6.45, 7) is 1.97. The highest BCUT2D eigenvalue weighted by Crippen LogP contribution is 2.33. The maximum atomic E-state index is 6.00. The molecule has 0 aliphatic heterocycles. The van der Waals surface area contributed by atoms with Gasteiger partial charge in [0.05, 0.1) is 10.9 Å². The van der Waals surface area contributed by atoms with Crippen LogP contribution >= 0.6 is 11.8 Å². The average molecular weight is 246 g/mol. The van der Waals surface area contributed by atoms with Crippen molar-refractivity contribution in [3.05, 3.63) is 48.5 Å². The van der Waals surface area contributed by atoms with Gasteiger partial charge in [-0.05, 0) is 25.1 Å². The molecule has 0 fully saturated rings. The van der Waals surface area contributed by atoms with Gasteiger partial charge in [0.15, 0.2) is 5.16 Å². The van der Waals surface area contributed by atoms with E-state index in [4.69, 9.17) is 5.73 Å². The first kappa shape index (κ1) is 12.0. The Kier molecular flexibility index (Phi) is 4.06. The molecule has 2 aromatic rings. The van der Waals surface area contributed by atoms with Gasteiger partial charge in [0, 0.05) is 24.6 Å². The number of hydrogen-bond acceptors (Lipinski definition) is 5. The Bertz CT molecular complexity index is 447. The highest BCUT2D eigenvalue weighted by Gasteiger charge is 2.19. The lowest BCUT2D eigenvalue weighted by molar-refractivity contribution is 0.702. The number of nitrogens with zero attached hydrogens (tertiary/aromatic N) is 3. The van der Waals surface area contributed by atoms with Crippen LogP contribution in [0.25, 0.3) is 0 Å². The fraction of sp³-hybridized carbons (Fsp3) is 0.250. The molecule has 0 aromatic carbocycles. The van der Waals surface area contributed by atoms with Gasteiger partial charge in [0.1, 0.15) is 0 Å². The Balaban J connectivity index is 2.20. The van der Waals surface area contributed by atoms with E-state index in [9.17, 15) is 0 Å². The van der Waals surface area contributed by atoms with Crippen LogP contribution in [0.4, 0.5) is 0 Å². The molecule has 0 saturated heterocycles. The zero-order chi connectivity index (χ0) is 12.1. The van der Waals surface area contributed by atoms with Crippen LogP contribution in [0.2, 0.25) is 0 Å². The van der Waals surface area contributed by atoms with Crippen molar-refractivity contribution in [2.75, 3.05) is 0 Å². The summed E-state index contributed by atoms with van der Waals surface area (Å²) in [7, 11) is 0. The molecule has 5 heteroatoms. The number of pyridine rings is 1. The molecule has 2 heterocycles. The van der Waals surface area contributed by atoms with Gasteiger partial charge in [0.25, 0.3) is 0 Å². The lowest BCUT2D eigenvalue weighted by atomic mass is 10.2. The largest absolute Gasteiger partial charge is 0.327 e. The Morgan fingerprint density at radius 2 is 1.76 bits per heavy atom. The highest BCUT2D eigenvalue weighted by molar-refractivity contribution is 7.99. The molecule has 2 aromatic heterocycles. The van der Waals surface area contributed by atoms with Crippen LogP contribution in [0.15, 0.2) is 48.0 Å². The Hall–Kier alpha value is -1.46. The van der Waals surface area contributed by atoms with Crippen LogP contribution < -0.4 is 5.73 Å². The molecule has 2 N–H and O–H groups in total. The third-order valence-electron chi connectivity index (χ3n) is 2.23. The molecule has 0 amide bonds. The topological polar surface area (TPSA) is 64.7 Å². The van der Waals surface area contributed by atoms with Crippen molar-refractivity contribution < 1.29 is 0 Å². The lowest BCUT2D eigenvalue weighted by Gasteiger charge is -2.18. The number of rotatable bonds is 4. The second-order valence-electron chi connectivity index (χ2n) is 3.68. The second-order valence-corrected chi connectivity index (χ2v) is 4.79. The minimum atomic E-state index is -0.0151. The minimum Gasteiger partial charge on any atom is -0.327 e. The first-order valence-electron chi connectivity index (χ1n) is 5.37. The number of aromatic nitrogens is 3. The molecule has 2 unspecified atom stereocenters. The molecule has 0 aliphatic carbocycles. The van der Waals surface area contributed by atoms with Gasteiger partial charge in [-0.25, -0.2) is 9.97 Å². The Morgan fingerprint density at radius 1 is 1.06 bits per heavy atom. The summed E-state index contributed by atoms with van der Waals surface area (Å²) in [6.07, 6.45) is 5.23. The fourth-order valence-electron chi connectivity index (χ4n) is 1.44. The lowest BCUT2D eigenvalue weighted by Crippen LogP contribution is -2.23. The smallest absolute Gasteiger partial charge is 0.188 e. The van der Waals surface area contributed by atoms with Crippen molar-refractivity contribution in [3.63, 3.8) is 0 Å². The van der Waals surface area contributed by atoms with Gasteiger partial charge in [-0.1, -0.05) is 17.8 Å². The van der Waals surface area contributed by atoms with Crippen LogP contribution in [-0.2, 0) is 0 Å². The fourth-order valence-corrected chi connectivity index (χ4v) is 2.39. The highest BCUT2D eigenvalue weighted by atomic mass is 32.2. The van der Waals surface area contributed by atoms with E-state index in [0.29, 0.717) is 0 Å². The third-order valence-corrected chi connectivity index (χ3v) is 3.58. The molecule has 88 valence electrons. The van der Waals surface area contributed by atoms with Gasteiger partial charge in [-0.15, -0.1) is 0 Å². The van der Waals surface area contributed by atoms with Crippen LogP contribution in [0.1, 0.15) is 17.9 Å². The number of thioether (sulfide) groups is 1. The van der Waals surface area contributed by atoms with Crippen LogP contribution in [-0.4, -0.2) is 21.0 Å². The van der Waals surface area contributed by atoms with Crippen LogP contribution in [0, 0.1) is 0 Å². The normalized spacial score (nSPS) is 14.2. The summed E-state index contributed by atoms with van der Waals surface area (Å²) in [5, 5.41) is 0.791. The molecule has 0 saturated carbocycles. The van der Waals surface area contributed by atoms with Gasteiger partial charge in [-0.2, -0.15) is 0 Å². The van der Waals surface area contributed by atoms with Gasteiger partial charge < -0.3 is 5.73 Å². The van der Waals surface area contributed by atoms with Crippen molar-refractivity contribution in [1.82, 2.24) is 15.0 Å². The minimum absolute atomic E-state index is 0.0151. The summed E-state index contributed by atoms with van der Waals surface area (Å²) >= 11 is 1.54. The quantitative estimate of drug-likeness (QED) is 0.660. The van der Waals surface area contributed by atoms with E-state index >= 15 is 0 Å².